The minimum atomic E-state index is -1.09. The lowest BCUT2D eigenvalue weighted by Gasteiger charge is -2.49. The van der Waals surface area contributed by atoms with E-state index in [0.717, 1.165) is 35.5 Å². The lowest BCUT2D eigenvalue weighted by atomic mass is 9.55. The minimum absolute atomic E-state index is 0.226. The smallest absolute Gasteiger partial charge is 0.323 e. The van der Waals surface area contributed by atoms with Crippen LogP contribution in [0.5, 0.6) is 0 Å². The molecular weight excluding hydrogens is 268 g/mol. The van der Waals surface area contributed by atoms with E-state index in [9.17, 15) is 9.59 Å². The quantitative estimate of drug-likeness (QED) is 0.545. The predicted molar refractivity (Wildman–Crippen MR) is 70.4 cm³/mol. The van der Waals surface area contributed by atoms with E-state index in [1.54, 1.807) is 13.8 Å². The maximum absolute atomic E-state index is 12.5. The molecule has 4 nitrogen and oxygen atoms in total. The third kappa shape index (κ3) is 1.02. The van der Waals surface area contributed by atoms with Crippen molar-refractivity contribution >= 4 is 11.9 Å². The van der Waals surface area contributed by atoms with E-state index >= 15 is 0 Å². The van der Waals surface area contributed by atoms with Crippen molar-refractivity contribution in [1.82, 2.24) is 0 Å². The fourth-order valence-electron chi connectivity index (χ4n) is 8.04. The molecule has 4 heteroatoms. The fraction of sp³-hybridized carbons (Fsp3) is 0.882. The van der Waals surface area contributed by atoms with Crippen LogP contribution in [0.15, 0.2) is 0 Å². The van der Waals surface area contributed by atoms with Crippen LogP contribution in [0, 0.1) is 59.2 Å². The Kier molecular flexibility index (Phi) is 1.65. The number of carbonyl (C=O) groups is 2. The molecule has 1 heterocycles. The summed E-state index contributed by atoms with van der Waals surface area (Å²) in [6.07, 6.45) is 2.74. The predicted octanol–water partition coefficient (Wildman–Crippen LogP) is 1.83. The summed E-state index contributed by atoms with van der Waals surface area (Å²) in [5.74, 6) is 4.14. The van der Waals surface area contributed by atoms with Crippen molar-refractivity contribution in [1.29, 1.82) is 0 Å². The van der Waals surface area contributed by atoms with Crippen molar-refractivity contribution in [3.63, 3.8) is 0 Å². The lowest BCUT2D eigenvalue weighted by molar-refractivity contribution is -0.246. The summed E-state index contributed by atoms with van der Waals surface area (Å²) in [4.78, 5) is 25.0. The van der Waals surface area contributed by atoms with Crippen molar-refractivity contribution < 1.29 is 19.1 Å². The molecule has 9 atom stereocenters. The zero-order valence-electron chi connectivity index (χ0n) is 12.3. The first-order chi connectivity index (χ1) is 9.98. The SMILES string of the molecule is CC1(C)OC(=O)C([C@H]2[C@H]3[C@@H]4C[C@H]5[C@@H]6[C@H]4C[C@H]3[C@H]6[C@@H]52)C(=O)O1. The van der Waals surface area contributed by atoms with Crippen LogP contribution >= 0.6 is 0 Å². The molecule has 6 aliphatic rings. The van der Waals surface area contributed by atoms with Gasteiger partial charge in [-0.05, 0) is 66.1 Å². The first-order valence-electron chi connectivity index (χ1n) is 8.44. The molecule has 0 radical (unpaired) electrons. The molecule has 6 fully saturated rings. The number of ether oxygens (including phenoxy) is 2. The van der Waals surface area contributed by atoms with Gasteiger partial charge in [0.15, 0.2) is 5.92 Å². The van der Waals surface area contributed by atoms with Gasteiger partial charge in [-0.25, -0.2) is 0 Å². The van der Waals surface area contributed by atoms with Crippen LogP contribution in [0.25, 0.3) is 0 Å². The monoisotopic (exact) mass is 288 g/mol. The zero-order valence-corrected chi connectivity index (χ0v) is 12.3. The highest BCUT2D eigenvalue weighted by Crippen LogP contribution is 2.85. The number of carbonyl (C=O) groups excluding carboxylic acids is 2. The molecule has 2 bridgehead atoms. The highest BCUT2D eigenvalue weighted by atomic mass is 16.7. The van der Waals surface area contributed by atoms with Gasteiger partial charge in [0.05, 0.1) is 0 Å². The van der Waals surface area contributed by atoms with Gasteiger partial charge in [-0.3, -0.25) is 9.59 Å². The van der Waals surface area contributed by atoms with Crippen LogP contribution in [0.2, 0.25) is 0 Å². The molecule has 0 aromatic heterocycles. The Morgan fingerprint density at radius 1 is 0.762 bits per heavy atom. The Labute approximate surface area is 123 Å². The zero-order chi connectivity index (χ0) is 14.3. The summed E-state index contributed by atoms with van der Waals surface area (Å²) in [7, 11) is 0. The molecule has 0 aromatic rings. The standard InChI is InChI=1S/C17H20O4/c1-17(2)20-15(18)14(16(19)21-17)13-10-6-4-7-9-5(6)3-8(10)11(9)12(7)13/h5-14H,3-4H2,1-2H3/t5-,6+,7-,8+,9-,10-,11+,12+,13-/m0/s1. The fourth-order valence-corrected chi connectivity index (χ4v) is 8.04. The van der Waals surface area contributed by atoms with Gasteiger partial charge in [-0.15, -0.1) is 0 Å². The first kappa shape index (κ1) is 11.5. The van der Waals surface area contributed by atoms with E-state index in [1.807, 2.05) is 0 Å². The maximum atomic E-state index is 12.5. The number of hydrogen-bond acceptors (Lipinski definition) is 4. The molecule has 21 heavy (non-hydrogen) atoms. The average Bonchev–Trinajstić information content (AvgIpc) is 2.85. The highest BCUT2D eigenvalue weighted by molar-refractivity contribution is 5.97. The number of esters is 2. The molecule has 5 saturated carbocycles. The number of hydrogen-bond donors (Lipinski definition) is 0. The van der Waals surface area contributed by atoms with Crippen LogP contribution < -0.4 is 0 Å². The van der Waals surface area contributed by atoms with E-state index in [0.29, 0.717) is 11.8 Å². The third-order valence-corrected chi connectivity index (χ3v) is 7.97. The van der Waals surface area contributed by atoms with E-state index < -0.39 is 11.7 Å². The molecule has 1 aliphatic heterocycles. The summed E-state index contributed by atoms with van der Waals surface area (Å²) in [5, 5.41) is 0. The van der Waals surface area contributed by atoms with Crippen molar-refractivity contribution in [3.05, 3.63) is 0 Å². The Balaban J connectivity index is 1.41. The second kappa shape index (κ2) is 3.02. The van der Waals surface area contributed by atoms with E-state index in [2.05, 4.69) is 0 Å². The van der Waals surface area contributed by atoms with Crippen molar-refractivity contribution in [2.45, 2.75) is 32.5 Å². The summed E-state index contributed by atoms with van der Waals surface area (Å²) in [5.41, 5.74) is 0. The van der Waals surface area contributed by atoms with Crippen molar-refractivity contribution in [2.24, 2.45) is 59.2 Å². The maximum Gasteiger partial charge on any atom is 0.323 e. The van der Waals surface area contributed by atoms with Gasteiger partial charge in [0, 0.05) is 13.8 Å². The summed E-state index contributed by atoms with van der Waals surface area (Å²) in [6.45, 7) is 3.28. The van der Waals surface area contributed by atoms with Crippen LogP contribution in [0.4, 0.5) is 0 Å². The van der Waals surface area contributed by atoms with Gasteiger partial charge >= 0.3 is 11.9 Å². The number of cyclic esters (lactones) is 2. The lowest BCUT2D eigenvalue weighted by Crippen LogP contribution is -2.54. The minimum Gasteiger partial charge on any atom is -0.422 e. The molecule has 6 rings (SSSR count). The van der Waals surface area contributed by atoms with Gasteiger partial charge < -0.3 is 9.47 Å². The molecule has 0 N–H and O–H groups in total. The molecule has 0 aromatic carbocycles. The average molecular weight is 288 g/mol. The topological polar surface area (TPSA) is 52.6 Å². The van der Waals surface area contributed by atoms with E-state index in [4.69, 9.17) is 9.47 Å². The Bertz CT molecular complexity index is 570. The van der Waals surface area contributed by atoms with Crippen LogP contribution in [0.1, 0.15) is 26.7 Å². The van der Waals surface area contributed by atoms with Gasteiger partial charge in [0.1, 0.15) is 0 Å². The molecular formula is C17H20O4. The highest BCUT2D eigenvalue weighted by Gasteiger charge is 2.82. The Morgan fingerprint density at radius 3 is 1.81 bits per heavy atom. The Hall–Kier alpha value is -1.06. The molecule has 0 amide bonds. The summed E-state index contributed by atoms with van der Waals surface area (Å²) in [6, 6.07) is 0. The largest absolute Gasteiger partial charge is 0.422 e. The summed E-state index contributed by atoms with van der Waals surface area (Å²) < 4.78 is 10.8. The van der Waals surface area contributed by atoms with Crippen LogP contribution in [-0.4, -0.2) is 17.7 Å². The van der Waals surface area contributed by atoms with Crippen molar-refractivity contribution in [3.8, 4) is 0 Å². The molecule has 0 unspecified atom stereocenters. The first-order valence-corrected chi connectivity index (χ1v) is 8.44. The van der Waals surface area contributed by atoms with E-state index in [1.165, 1.54) is 12.8 Å². The summed E-state index contributed by atoms with van der Waals surface area (Å²) >= 11 is 0. The van der Waals surface area contributed by atoms with Crippen LogP contribution in [0.3, 0.4) is 0 Å². The second-order valence-electron chi connectivity index (χ2n) is 8.73. The van der Waals surface area contributed by atoms with E-state index in [-0.39, 0.29) is 17.9 Å². The number of rotatable bonds is 1. The normalized spacial score (nSPS) is 61.1. The molecule has 5 aliphatic carbocycles. The Morgan fingerprint density at radius 2 is 1.24 bits per heavy atom. The van der Waals surface area contributed by atoms with Crippen LogP contribution in [-0.2, 0) is 19.1 Å². The molecule has 0 spiro atoms. The van der Waals surface area contributed by atoms with Crippen molar-refractivity contribution in [2.75, 3.05) is 0 Å². The van der Waals surface area contributed by atoms with Gasteiger partial charge in [0.2, 0.25) is 0 Å². The molecule has 1 saturated heterocycles. The molecule has 112 valence electrons. The van der Waals surface area contributed by atoms with Gasteiger partial charge in [-0.1, -0.05) is 0 Å². The third-order valence-electron chi connectivity index (χ3n) is 7.97. The van der Waals surface area contributed by atoms with Gasteiger partial charge in [-0.2, -0.15) is 0 Å². The number of fused-ring (bicyclic) bond motifs is 2. The second-order valence-corrected chi connectivity index (χ2v) is 8.73. The van der Waals surface area contributed by atoms with Gasteiger partial charge in [0.25, 0.3) is 5.79 Å².